The van der Waals surface area contributed by atoms with E-state index in [0.717, 1.165) is 0 Å². The van der Waals surface area contributed by atoms with Gasteiger partial charge in [0, 0.05) is 11.8 Å². The zero-order valence-corrected chi connectivity index (χ0v) is 8.43. The van der Waals surface area contributed by atoms with Gasteiger partial charge < -0.3 is 19.3 Å². The average molecular weight is 225 g/mol. The maximum atomic E-state index is 11.2. The van der Waals surface area contributed by atoms with Gasteiger partial charge in [-0.25, -0.2) is 4.79 Å². The fourth-order valence-corrected chi connectivity index (χ4v) is 1.27. The van der Waals surface area contributed by atoms with Gasteiger partial charge in [0.05, 0.1) is 6.61 Å². The van der Waals surface area contributed by atoms with Crippen molar-refractivity contribution in [1.29, 1.82) is 0 Å². The first-order valence-corrected chi connectivity index (χ1v) is 4.74. The van der Waals surface area contributed by atoms with Crippen molar-refractivity contribution in [3.8, 4) is 11.5 Å². The molecule has 0 fully saturated rings. The van der Waals surface area contributed by atoms with Crippen LogP contribution in [0.1, 0.15) is 0 Å². The Morgan fingerprint density at radius 3 is 3.06 bits per heavy atom. The fourth-order valence-electron chi connectivity index (χ4n) is 1.27. The topological polar surface area (TPSA) is 77.0 Å². The van der Waals surface area contributed by atoms with Crippen LogP contribution in [0, 0.1) is 0 Å². The second-order valence-corrected chi connectivity index (χ2v) is 3.05. The van der Waals surface area contributed by atoms with E-state index in [1.54, 1.807) is 18.2 Å². The van der Waals surface area contributed by atoms with Crippen molar-refractivity contribution >= 4 is 11.8 Å². The molecule has 1 amide bonds. The van der Waals surface area contributed by atoms with Crippen molar-refractivity contribution in [1.82, 2.24) is 0 Å². The minimum Gasteiger partial charge on any atom is -0.454 e. The Morgan fingerprint density at radius 1 is 1.44 bits per heavy atom. The van der Waals surface area contributed by atoms with Gasteiger partial charge in [-0.15, -0.1) is 0 Å². The van der Waals surface area contributed by atoms with Crippen LogP contribution in [0.3, 0.4) is 0 Å². The molecule has 1 aliphatic rings. The van der Waals surface area contributed by atoms with Crippen molar-refractivity contribution in [2.75, 3.05) is 25.3 Å². The molecule has 0 saturated heterocycles. The number of hydrogen-bond acceptors (Lipinski definition) is 5. The lowest BCUT2D eigenvalue weighted by molar-refractivity contribution is 0.131. The summed E-state index contributed by atoms with van der Waals surface area (Å²) >= 11 is 0. The van der Waals surface area contributed by atoms with Crippen molar-refractivity contribution in [3.05, 3.63) is 18.2 Å². The number of ether oxygens (including phenoxy) is 3. The Bertz CT molecular complexity index is 393. The molecule has 16 heavy (non-hydrogen) atoms. The zero-order chi connectivity index (χ0) is 11.4. The summed E-state index contributed by atoms with van der Waals surface area (Å²) in [5, 5.41) is 11.0. The molecule has 0 aromatic heterocycles. The van der Waals surface area contributed by atoms with Gasteiger partial charge in [0.25, 0.3) is 0 Å². The van der Waals surface area contributed by atoms with Gasteiger partial charge in [-0.2, -0.15) is 0 Å². The van der Waals surface area contributed by atoms with Crippen LogP contribution in [0.25, 0.3) is 0 Å². The summed E-state index contributed by atoms with van der Waals surface area (Å²) in [5.74, 6) is 1.23. The molecule has 0 unspecified atom stereocenters. The Kier molecular flexibility index (Phi) is 3.11. The lowest BCUT2D eigenvalue weighted by atomic mass is 10.3. The van der Waals surface area contributed by atoms with Crippen molar-refractivity contribution in [2.24, 2.45) is 0 Å². The minimum atomic E-state index is -0.618. The molecule has 6 heteroatoms. The predicted molar refractivity (Wildman–Crippen MR) is 54.6 cm³/mol. The molecule has 0 bridgehead atoms. The third-order valence-electron chi connectivity index (χ3n) is 1.94. The van der Waals surface area contributed by atoms with E-state index < -0.39 is 6.09 Å². The summed E-state index contributed by atoms with van der Waals surface area (Å²) < 4.78 is 14.9. The lowest BCUT2D eigenvalue weighted by Gasteiger charge is -2.06. The fraction of sp³-hybridized carbons (Fsp3) is 0.300. The molecule has 2 rings (SSSR count). The quantitative estimate of drug-likeness (QED) is 0.801. The summed E-state index contributed by atoms with van der Waals surface area (Å²) in [6.45, 7) is -0.0430. The number of aliphatic hydroxyl groups excluding tert-OH is 1. The van der Waals surface area contributed by atoms with Crippen LogP contribution in [0.15, 0.2) is 18.2 Å². The number of hydrogen-bond donors (Lipinski definition) is 2. The number of benzene rings is 1. The van der Waals surface area contributed by atoms with Gasteiger partial charge in [0.15, 0.2) is 11.5 Å². The van der Waals surface area contributed by atoms with Gasteiger partial charge in [-0.1, -0.05) is 0 Å². The maximum Gasteiger partial charge on any atom is 0.411 e. The van der Waals surface area contributed by atoms with Gasteiger partial charge in [-0.05, 0) is 12.1 Å². The second kappa shape index (κ2) is 4.71. The number of nitrogens with one attached hydrogen (secondary N) is 1. The highest BCUT2D eigenvalue weighted by atomic mass is 16.7. The van der Waals surface area contributed by atoms with Gasteiger partial charge >= 0.3 is 6.09 Å². The number of amides is 1. The summed E-state index contributed by atoms with van der Waals surface area (Å²) in [4.78, 5) is 11.2. The highest BCUT2D eigenvalue weighted by Crippen LogP contribution is 2.34. The lowest BCUT2D eigenvalue weighted by Crippen LogP contribution is -2.15. The third-order valence-corrected chi connectivity index (χ3v) is 1.94. The van der Waals surface area contributed by atoms with E-state index in [1.165, 1.54) is 0 Å². The summed E-state index contributed by atoms with van der Waals surface area (Å²) in [7, 11) is 0. The highest BCUT2D eigenvalue weighted by Gasteiger charge is 2.14. The number of carbonyl (C=O) groups excluding carboxylic acids is 1. The second-order valence-electron chi connectivity index (χ2n) is 3.05. The van der Waals surface area contributed by atoms with Gasteiger partial charge in [0.2, 0.25) is 6.79 Å². The van der Waals surface area contributed by atoms with Crippen LogP contribution in [0.4, 0.5) is 10.5 Å². The molecule has 86 valence electrons. The summed E-state index contributed by atoms with van der Waals surface area (Å²) in [5.41, 5.74) is 0.548. The molecule has 0 spiro atoms. The van der Waals surface area contributed by atoms with Crippen molar-refractivity contribution < 1.29 is 24.1 Å². The Morgan fingerprint density at radius 2 is 2.25 bits per heavy atom. The van der Waals surface area contributed by atoms with Crippen molar-refractivity contribution in [3.63, 3.8) is 0 Å². The van der Waals surface area contributed by atoms with Crippen LogP contribution in [0.5, 0.6) is 11.5 Å². The molecule has 6 nitrogen and oxygen atoms in total. The first kappa shape index (κ1) is 10.6. The normalized spacial score (nSPS) is 12.3. The number of fused-ring (bicyclic) bond motifs is 1. The minimum absolute atomic E-state index is 0.0314. The zero-order valence-electron chi connectivity index (χ0n) is 8.43. The van der Waals surface area contributed by atoms with Crippen LogP contribution in [-0.2, 0) is 4.74 Å². The third kappa shape index (κ3) is 2.34. The van der Waals surface area contributed by atoms with Crippen LogP contribution < -0.4 is 14.8 Å². The molecule has 1 aromatic rings. The van der Waals surface area contributed by atoms with Crippen LogP contribution in [0.2, 0.25) is 0 Å². The predicted octanol–water partition coefficient (Wildman–Crippen LogP) is 0.956. The molecule has 0 aliphatic carbocycles. The number of rotatable bonds is 3. The summed E-state index contributed by atoms with van der Waals surface area (Å²) in [6, 6.07) is 5.01. The average Bonchev–Trinajstić information content (AvgIpc) is 2.73. The number of aliphatic hydroxyl groups is 1. The van der Waals surface area contributed by atoms with E-state index in [4.69, 9.17) is 14.6 Å². The highest BCUT2D eigenvalue weighted by molar-refractivity contribution is 5.85. The standard InChI is InChI=1S/C10H11NO5/c12-3-4-14-10(13)11-7-1-2-8-9(5-7)16-6-15-8/h1-2,5,12H,3-4,6H2,(H,11,13). The molecule has 0 saturated carbocycles. The van der Waals surface area contributed by atoms with E-state index in [0.29, 0.717) is 17.2 Å². The monoisotopic (exact) mass is 225 g/mol. The first-order chi connectivity index (χ1) is 7.79. The van der Waals surface area contributed by atoms with Crippen LogP contribution >= 0.6 is 0 Å². The SMILES string of the molecule is O=C(Nc1ccc2c(c1)OCO2)OCCO. The number of carbonyl (C=O) groups is 1. The van der Waals surface area contributed by atoms with Crippen LogP contribution in [-0.4, -0.2) is 31.2 Å². The molecule has 1 aliphatic heterocycles. The smallest absolute Gasteiger partial charge is 0.411 e. The molecular weight excluding hydrogens is 214 g/mol. The number of anilines is 1. The Balaban J connectivity index is 1.97. The van der Waals surface area contributed by atoms with E-state index in [-0.39, 0.29) is 20.0 Å². The summed E-state index contributed by atoms with van der Waals surface area (Å²) in [6.07, 6.45) is -0.618. The molecular formula is C10H11NO5. The molecule has 0 atom stereocenters. The maximum absolute atomic E-state index is 11.2. The van der Waals surface area contributed by atoms with E-state index in [1.807, 2.05) is 0 Å². The van der Waals surface area contributed by atoms with E-state index in [9.17, 15) is 4.79 Å². The first-order valence-electron chi connectivity index (χ1n) is 4.74. The Labute approximate surface area is 91.7 Å². The molecule has 0 radical (unpaired) electrons. The van der Waals surface area contributed by atoms with Gasteiger partial charge in [-0.3, -0.25) is 5.32 Å². The largest absolute Gasteiger partial charge is 0.454 e. The van der Waals surface area contributed by atoms with Crippen molar-refractivity contribution in [2.45, 2.75) is 0 Å². The molecule has 2 N–H and O–H groups in total. The van der Waals surface area contributed by atoms with Gasteiger partial charge in [0.1, 0.15) is 6.61 Å². The molecule has 1 heterocycles. The van der Waals surface area contributed by atoms with E-state index in [2.05, 4.69) is 10.1 Å². The Hall–Kier alpha value is -1.95. The van der Waals surface area contributed by atoms with E-state index >= 15 is 0 Å². The molecule has 1 aromatic carbocycles.